The summed E-state index contributed by atoms with van der Waals surface area (Å²) in [5, 5.41) is 3.13. The fraction of sp³-hybridized carbons (Fsp3) is 0.500. The largest absolute Gasteiger partial charge is 0.484 e. The molecule has 35 heavy (non-hydrogen) atoms. The second kappa shape index (κ2) is 11.7. The topological polar surface area (TPSA) is 61.9 Å². The van der Waals surface area contributed by atoms with Crippen LogP contribution in [0.2, 0.25) is 0 Å². The molecule has 2 unspecified atom stereocenters. The minimum absolute atomic E-state index is 0.0106. The summed E-state index contributed by atoms with van der Waals surface area (Å²) in [6.07, 6.45) is 4.99. The number of hydrogen-bond acceptors (Lipinski definition) is 4. The third-order valence-corrected chi connectivity index (χ3v) is 7.20. The second-order valence-corrected chi connectivity index (χ2v) is 9.89. The van der Waals surface area contributed by atoms with Gasteiger partial charge in [-0.3, -0.25) is 14.5 Å². The van der Waals surface area contributed by atoms with Crippen LogP contribution in [0.3, 0.4) is 0 Å². The first kappa shape index (κ1) is 25.2. The molecule has 0 aliphatic carbocycles. The number of carbonyl (C=O) groups excluding carboxylic acids is 2. The lowest BCUT2D eigenvalue weighted by molar-refractivity contribution is -0.139. The van der Waals surface area contributed by atoms with Gasteiger partial charge in [0.2, 0.25) is 0 Å². The molecule has 2 saturated heterocycles. The fourth-order valence-corrected chi connectivity index (χ4v) is 5.19. The van der Waals surface area contributed by atoms with Crippen molar-refractivity contribution in [2.75, 3.05) is 19.7 Å². The number of ether oxygens (including phenoxy) is 1. The van der Waals surface area contributed by atoms with Crippen LogP contribution < -0.4 is 10.1 Å². The first-order chi connectivity index (χ1) is 16.9. The summed E-state index contributed by atoms with van der Waals surface area (Å²) in [5.41, 5.74) is 1.67. The van der Waals surface area contributed by atoms with E-state index in [-0.39, 0.29) is 42.4 Å². The van der Waals surface area contributed by atoms with E-state index in [1.165, 1.54) is 12.1 Å². The Morgan fingerprint density at radius 2 is 1.57 bits per heavy atom. The molecule has 1 N–H and O–H groups in total. The average molecular weight is 482 g/mol. The van der Waals surface area contributed by atoms with Gasteiger partial charge in [0.1, 0.15) is 11.6 Å². The van der Waals surface area contributed by atoms with Crippen LogP contribution in [0.5, 0.6) is 5.75 Å². The zero-order valence-electron chi connectivity index (χ0n) is 20.7. The van der Waals surface area contributed by atoms with Gasteiger partial charge < -0.3 is 15.0 Å². The van der Waals surface area contributed by atoms with E-state index in [2.05, 4.69) is 24.1 Å². The van der Waals surface area contributed by atoms with Crippen LogP contribution in [0, 0.1) is 5.82 Å². The van der Waals surface area contributed by atoms with Crippen molar-refractivity contribution in [3.05, 3.63) is 65.5 Å². The van der Waals surface area contributed by atoms with Gasteiger partial charge in [0.15, 0.2) is 6.61 Å². The highest BCUT2D eigenvalue weighted by molar-refractivity contribution is 5.94. The molecule has 2 heterocycles. The van der Waals surface area contributed by atoms with E-state index in [9.17, 15) is 14.0 Å². The van der Waals surface area contributed by atoms with Crippen molar-refractivity contribution < 1.29 is 18.7 Å². The summed E-state index contributed by atoms with van der Waals surface area (Å²) in [6.45, 7) is 6.76. The van der Waals surface area contributed by atoms with Gasteiger partial charge in [-0.1, -0.05) is 12.1 Å². The van der Waals surface area contributed by atoms with Crippen LogP contribution in [-0.2, 0) is 11.3 Å². The fourth-order valence-electron chi connectivity index (χ4n) is 5.19. The molecule has 4 rings (SSSR count). The van der Waals surface area contributed by atoms with Crippen LogP contribution in [0.1, 0.15) is 61.9 Å². The molecule has 6 nitrogen and oxygen atoms in total. The number of halogens is 1. The predicted octanol–water partition coefficient (Wildman–Crippen LogP) is 4.39. The normalized spacial score (nSPS) is 21.5. The third kappa shape index (κ3) is 6.82. The summed E-state index contributed by atoms with van der Waals surface area (Å²) < 4.78 is 18.8. The lowest BCUT2D eigenvalue weighted by Gasteiger charge is -2.38. The summed E-state index contributed by atoms with van der Waals surface area (Å²) in [4.78, 5) is 29.6. The molecule has 7 heteroatoms. The van der Waals surface area contributed by atoms with Crippen LogP contribution in [0.15, 0.2) is 48.5 Å². The van der Waals surface area contributed by atoms with Gasteiger partial charge in [0.05, 0.1) is 0 Å². The molecule has 188 valence electrons. The molecule has 0 saturated carbocycles. The minimum Gasteiger partial charge on any atom is -0.484 e. The number of piperidine rings is 2. The maximum atomic E-state index is 13.1. The molecule has 0 spiro atoms. The Morgan fingerprint density at radius 3 is 2.20 bits per heavy atom. The molecule has 2 aromatic rings. The monoisotopic (exact) mass is 481 g/mol. The first-order valence-corrected chi connectivity index (χ1v) is 12.7. The van der Waals surface area contributed by atoms with Gasteiger partial charge in [-0.2, -0.15) is 0 Å². The molecular formula is C28H36FN3O3. The highest BCUT2D eigenvalue weighted by atomic mass is 19.1. The number of amides is 2. The Bertz CT molecular complexity index is 978. The van der Waals surface area contributed by atoms with Gasteiger partial charge >= 0.3 is 0 Å². The second-order valence-electron chi connectivity index (χ2n) is 9.89. The molecule has 0 aromatic heterocycles. The number of hydrogen-bond donors (Lipinski definition) is 1. The van der Waals surface area contributed by atoms with Gasteiger partial charge in [-0.05, 0) is 87.9 Å². The van der Waals surface area contributed by atoms with Gasteiger partial charge in [-0.25, -0.2) is 4.39 Å². The molecule has 2 aliphatic heterocycles. The molecule has 2 atom stereocenters. The number of nitrogens with one attached hydrogen (secondary N) is 1. The lowest BCUT2D eigenvalue weighted by Crippen LogP contribution is -2.49. The Labute approximate surface area is 207 Å². The van der Waals surface area contributed by atoms with Crippen LogP contribution in [0.25, 0.3) is 0 Å². The number of benzene rings is 2. The standard InChI is InChI=1S/C28H36FN3O3/c1-20-4-3-5-21(2)32(20)27(33)19-35-26-12-8-23(9-13-26)28(34)30-25-14-16-31(17-15-25)18-22-6-10-24(29)11-7-22/h6-13,20-21,25H,3-5,14-19H2,1-2H3,(H,30,34). The van der Waals surface area contributed by atoms with Crippen LogP contribution in [-0.4, -0.2) is 59.4 Å². The zero-order chi connectivity index (χ0) is 24.8. The highest BCUT2D eigenvalue weighted by Gasteiger charge is 2.29. The number of likely N-dealkylation sites (tertiary alicyclic amines) is 2. The lowest BCUT2D eigenvalue weighted by atomic mass is 9.97. The smallest absolute Gasteiger partial charge is 0.260 e. The molecular weight excluding hydrogens is 445 g/mol. The minimum atomic E-state index is -0.218. The van der Waals surface area contributed by atoms with E-state index in [0.717, 1.165) is 57.3 Å². The Hall–Kier alpha value is -2.93. The molecule has 2 aromatic carbocycles. The van der Waals surface area contributed by atoms with Gasteiger partial charge in [0, 0.05) is 43.3 Å². The van der Waals surface area contributed by atoms with E-state index in [4.69, 9.17) is 4.74 Å². The molecule has 0 radical (unpaired) electrons. The van der Waals surface area contributed by atoms with Gasteiger partial charge in [-0.15, -0.1) is 0 Å². The van der Waals surface area contributed by atoms with Crippen molar-refractivity contribution in [1.29, 1.82) is 0 Å². The Kier molecular flexibility index (Phi) is 8.39. The predicted molar refractivity (Wildman–Crippen MR) is 134 cm³/mol. The van der Waals surface area contributed by atoms with E-state index in [0.29, 0.717) is 11.3 Å². The van der Waals surface area contributed by atoms with Crippen molar-refractivity contribution in [3.63, 3.8) is 0 Å². The molecule has 2 fully saturated rings. The van der Waals surface area contributed by atoms with Crippen molar-refractivity contribution in [1.82, 2.24) is 15.1 Å². The van der Waals surface area contributed by atoms with Crippen LogP contribution in [0.4, 0.5) is 4.39 Å². The summed E-state index contributed by atoms with van der Waals surface area (Å²) >= 11 is 0. The molecule has 2 amide bonds. The zero-order valence-corrected chi connectivity index (χ0v) is 20.7. The van der Waals surface area contributed by atoms with E-state index in [1.54, 1.807) is 24.3 Å². The van der Waals surface area contributed by atoms with Crippen molar-refractivity contribution >= 4 is 11.8 Å². The maximum Gasteiger partial charge on any atom is 0.260 e. The first-order valence-electron chi connectivity index (χ1n) is 12.7. The Morgan fingerprint density at radius 1 is 0.943 bits per heavy atom. The van der Waals surface area contributed by atoms with Crippen LogP contribution >= 0.6 is 0 Å². The number of carbonyl (C=O) groups is 2. The van der Waals surface area contributed by atoms with Crippen molar-refractivity contribution in [2.24, 2.45) is 0 Å². The van der Waals surface area contributed by atoms with E-state index >= 15 is 0 Å². The quantitative estimate of drug-likeness (QED) is 0.637. The third-order valence-electron chi connectivity index (χ3n) is 7.20. The molecule has 2 aliphatic rings. The molecule has 0 bridgehead atoms. The Balaban J connectivity index is 1.20. The number of rotatable bonds is 7. The van der Waals surface area contributed by atoms with Crippen molar-refractivity contribution in [3.8, 4) is 5.75 Å². The average Bonchev–Trinajstić information content (AvgIpc) is 2.85. The SMILES string of the molecule is CC1CCCC(C)N1C(=O)COc1ccc(C(=O)NC2CCN(Cc3ccc(F)cc3)CC2)cc1. The summed E-state index contributed by atoms with van der Waals surface area (Å²) in [7, 11) is 0. The summed E-state index contributed by atoms with van der Waals surface area (Å²) in [5.74, 6) is 0.282. The number of nitrogens with zero attached hydrogens (tertiary/aromatic N) is 2. The van der Waals surface area contributed by atoms with Crippen molar-refractivity contribution in [2.45, 2.75) is 70.6 Å². The maximum absolute atomic E-state index is 13.1. The van der Waals surface area contributed by atoms with E-state index < -0.39 is 0 Å². The van der Waals surface area contributed by atoms with Gasteiger partial charge in [0.25, 0.3) is 11.8 Å². The summed E-state index contributed by atoms with van der Waals surface area (Å²) in [6, 6.07) is 14.2. The van der Waals surface area contributed by atoms with E-state index in [1.807, 2.05) is 17.0 Å². The highest BCUT2D eigenvalue weighted by Crippen LogP contribution is 2.23.